The van der Waals surface area contributed by atoms with Gasteiger partial charge in [0.05, 0.1) is 16.7 Å². The van der Waals surface area contributed by atoms with Gasteiger partial charge in [0.15, 0.2) is 0 Å². The SMILES string of the molecule is Cc1cc(OCC(=S)Nc2ccccc2)cc(OC2=CC(Cl)=C=CC(C#N)=C2)c1. The van der Waals surface area contributed by atoms with E-state index in [1.165, 1.54) is 6.08 Å². The number of halogens is 1. The van der Waals surface area contributed by atoms with Gasteiger partial charge in [0, 0.05) is 17.8 Å². The highest BCUT2D eigenvalue weighted by Gasteiger charge is 2.08. The van der Waals surface area contributed by atoms with Gasteiger partial charge in [-0.2, -0.15) is 5.26 Å². The van der Waals surface area contributed by atoms with E-state index in [1.807, 2.05) is 49.4 Å². The number of rotatable bonds is 6. The van der Waals surface area contributed by atoms with Crippen LogP contribution in [-0.4, -0.2) is 11.6 Å². The number of nitrogens with one attached hydrogen (secondary N) is 1. The maximum Gasteiger partial charge on any atom is 0.138 e. The van der Waals surface area contributed by atoms with Gasteiger partial charge >= 0.3 is 0 Å². The number of para-hydroxylation sites is 1. The molecule has 1 N–H and O–H groups in total. The zero-order valence-corrected chi connectivity index (χ0v) is 17.2. The molecule has 0 amide bonds. The Bertz CT molecular complexity index is 1090. The number of ether oxygens (including phenoxy) is 2. The lowest BCUT2D eigenvalue weighted by molar-refractivity contribution is 0.373. The van der Waals surface area contributed by atoms with Gasteiger partial charge in [0.2, 0.25) is 0 Å². The van der Waals surface area contributed by atoms with Crippen LogP contribution in [0.5, 0.6) is 11.5 Å². The van der Waals surface area contributed by atoms with E-state index >= 15 is 0 Å². The van der Waals surface area contributed by atoms with E-state index in [0.717, 1.165) is 11.3 Å². The third-order valence-electron chi connectivity index (χ3n) is 3.75. The van der Waals surface area contributed by atoms with Crippen LogP contribution in [0.4, 0.5) is 5.69 Å². The quantitative estimate of drug-likeness (QED) is 0.471. The van der Waals surface area contributed by atoms with Crippen LogP contribution < -0.4 is 14.8 Å². The summed E-state index contributed by atoms with van der Waals surface area (Å²) in [6.45, 7) is 2.17. The van der Waals surface area contributed by atoms with E-state index in [0.29, 0.717) is 32.9 Å². The van der Waals surface area contributed by atoms with Crippen molar-refractivity contribution in [3.05, 3.63) is 94.4 Å². The molecule has 2 aromatic rings. The number of nitrogens with zero attached hydrogens (tertiary/aromatic N) is 1. The molecule has 0 fully saturated rings. The second-order valence-electron chi connectivity index (χ2n) is 6.18. The molecule has 1 aliphatic rings. The zero-order valence-electron chi connectivity index (χ0n) is 15.6. The van der Waals surface area contributed by atoms with E-state index in [-0.39, 0.29) is 6.61 Å². The van der Waals surface area contributed by atoms with Crippen LogP contribution in [0.2, 0.25) is 0 Å². The van der Waals surface area contributed by atoms with Gasteiger partial charge in [-0.1, -0.05) is 47.7 Å². The van der Waals surface area contributed by atoms with Crippen molar-refractivity contribution in [2.75, 3.05) is 11.9 Å². The molecule has 6 heteroatoms. The minimum absolute atomic E-state index is 0.229. The summed E-state index contributed by atoms with van der Waals surface area (Å²) in [5.74, 6) is 1.62. The lowest BCUT2D eigenvalue weighted by atomic mass is 10.2. The molecule has 0 saturated heterocycles. The van der Waals surface area contributed by atoms with Gasteiger partial charge in [0.1, 0.15) is 28.9 Å². The number of benzene rings is 2. The van der Waals surface area contributed by atoms with Gasteiger partial charge in [-0.3, -0.25) is 0 Å². The molecular formula is C23H17ClN2O2S. The largest absolute Gasteiger partial charge is 0.486 e. The Morgan fingerprint density at radius 3 is 2.69 bits per heavy atom. The Kier molecular flexibility index (Phi) is 6.89. The smallest absolute Gasteiger partial charge is 0.138 e. The summed E-state index contributed by atoms with van der Waals surface area (Å²) in [6.07, 6.45) is 4.72. The van der Waals surface area contributed by atoms with Crippen LogP contribution in [0, 0.1) is 18.3 Å². The number of allylic oxidation sites excluding steroid dienone is 4. The summed E-state index contributed by atoms with van der Waals surface area (Å²) < 4.78 is 11.7. The molecule has 144 valence electrons. The molecule has 0 heterocycles. The molecular weight excluding hydrogens is 404 g/mol. The predicted octanol–water partition coefficient (Wildman–Crippen LogP) is 5.82. The summed E-state index contributed by atoms with van der Waals surface area (Å²) >= 11 is 11.4. The molecule has 0 atom stereocenters. The number of nitriles is 1. The molecule has 0 aromatic heterocycles. The third kappa shape index (κ3) is 6.38. The van der Waals surface area contributed by atoms with Crippen molar-refractivity contribution in [3.8, 4) is 17.6 Å². The monoisotopic (exact) mass is 420 g/mol. The summed E-state index contributed by atoms with van der Waals surface area (Å²) in [5.41, 5.74) is 5.06. The average molecular weight is 421 g/mol. The van der Waals surface area contributed by atoms with E-state index < -0.39 is 0 Å². The zero-order chi connectivity index (χ0) is 20.6. The highest BCUT2D eigenvalue weighted by Crippen LogP contribution is 2.26. The number of hydrogen-bond donors (Lipinski definition) is 1. The second kappa shape index (κ2) is 9.77. The number of hydrogen-bond acceptors (Lipinski definition) is 4. The Labute approximate surface area is 180 Å². The molecule has 0 radical (unpaired) electrons. The van der Waals surface area contributed by atoms with Crippen LogP contribution in [-0.2, 0) is 0 Å². The van der Waals surface area contributed by atoms with Crippen LogP contribution in [0.15, 0.2) is 88.9 Å². The number of thiocarbonyl (C=S) groups is 1. The van der Waals surface area contributed by atoms with Gasteiger partial charge in [0.25, 0.3) is 0 Å². The summed E-state index contributed by atoms with van der Waals surface area (Å²) in [7, 11) is 0. The van der Waals surface area contributed by atoms with E-state index in [1.54, 1.807) is 18.2 Å². The van der Waals surface area contributed by atoms with Crippen LogP contribution in [0.1, 0.15) is 5.56 Å². The topological polar surface area (TPSA) is 54.3 Å². The molecule has 4 nitrogen and oxygen atoms in total. The molecule has 0 spiro atoms. The first kappa shape index (κ1) is 20.4. The minimum Gasteiger partial charge on any atom is -0.486 e. The Balaban J connectivity index is 1.68. The fraction of sp³-hybridized carbons (Fsp3) is 0.0870. The molecule has 2 aromatic carbocycles. The molecule has 0 unspecified atom stereocenters. The molecule has 29 heavy (non-hydrogen) atoms. The molecule has 0 aliphatic heterocycles. The fourth-order valence-electron chi connectivity index (χ4n) is 2.53. The van der Waals surface area contributed by atoms with Crippen molar-refractivity contribution >= 4 is 34.5 Å². The standard InChI is InChI=1S/C23H17ClN2O2S/c1-16-9-20(27-15-23(29)26-19-5-3-2-4-6-19)13-21(10-16)28-22-11-17(14-25)7-8-18(24)12-22/h2-7,9-13H,15H2,1H3,(H,26,29). The van der Waals surface area contributed by atoms with Crippen LogP contribution in [0.3, 0.4) is 0 Å². The molecule has 0 bridgehead atoms. The first-order chi connectivity index (χ1) is 14.0. The number of anilines is 1. The summed E-state index contributed by atoms with van der Waals surface area (Å²) in [5, 5.41) is 12.6. The van der Waals surface area contributed by atoms with E-state index in [2.05, 4.69) is 17.1 Å². The van der Waals surface area contributed by atoms with E-state index in [4.69, 9.17) is 38.6 Å². The van der Waals surface area contributed by atoms with Crippen molar-refractivity contribution in [1.82, 2.24) is 0 Å². The highest BCUT2D eigenvalue weighted by atomic mass is 35.5. The lowest BCUT2D eigenvalue weighted by Gasteiger charge is -2.13. The highest BCUT2D eigenvalue weighted by molar-refractivity contribution is 7.80. The predicted molar refractivity (Wildman–Crippen MR) is 119 cm³/mol. The van der Waals surface area contributed by atoms with Gasteiger partial charge in [-0.25, -0.2) is 0 Å². The maximum absolute atomic E-state index is 9.14. The van der Waals surface area contributed by atoms with Crippen molar-refractivity contribution in [2.45, 2.75) is 6.92 Å². The first-order valence-corrected chi connectivity index (χ1v) is 9.53. The maximum atomic E-state index is 9.14. The van der Waals surface area contributed by atoms with Crippen molar-refractivity contribution in [3.63, 3.8) is 0 Å². The van der Waals surface area contributed by atoms with Gasteiger partial charge < -0.3 is 14.8 Å². The average Bonchev–Trinajstić information content (AvgIpc) is 2.87. The first-order valence-electron chi connectivity index (χ1n) is 8.75. The molecule has 1 aliphatic carbocycles. The molecule has 3 rings (SSSR count). The van der Waals surface area contributed by atoms with Gasteiger partial charge in [-0.05, 0) is 48.9 Å². The van der Waals surface area contributed by atoms with Crippen molar-refractivity contribution < 1.29 is 9.47 Å². The Hall–Kier alpha value is -3.29. The number of aryl methyl sites for hydroxylation is 1. The minimum atomic E-state index is 0.229. The Morgan fingerprint density at radius 2 is 1.93 bits per heavy atom. The second-order valence-corrected chi connectivity index (χ2v) is 7.08. The van der Waals surface area contributed by atoms with Crippen LogP contribution >= 0.6 is 23.8 Å². The van der Waals surface area contributed by atoms with E-state index in [9.17, 15) is 0 Å². The normalized spacial score (nSPS) is 12.7. The van der Waals surface area contributed by atoms with Crippen molar-refractivity contribution in [2.24, 2.45) is 0 Å². The van der Waals surface area contributed by atoms with Crippen LogP contribution in [0.25, 0.3) is 0 Å². The summed E-state index contributed by atoms with van der Waals surface area (Å²) in [6, 6.07) is 17.2. The lowest BCUT2D eigenvalue weighted by Crippen LogP contribution is -2.18. The molecule has 0 saturated carbocycles. The summed E-state index contributed by atoms with van der Waals surface area (Å²) in [4.78, 5) is 0.566. The Morgan fingerprint density at radius 1 is 1.17 bits per heavy atom. The van der Waals surface area contributed by atoms with Gasteiger partial charge in [-0.15, -0.1) is 0 Å². The fourth-order valence-corrected chi connectivity index (χ4v) is 2.87. The third-order valence-corrected chi connectivity index (χ3v) is 4.19. The van der Waals surface area contributed by atoms with Crippen molar-refractivity contribution in [1.29, 1.82) is 5.26 Å².